The number of ether oxygens (including phenoxy) is 1. The Bertz CT molecular complexity index is 680. The predicted molar refractivity (Wildman–Crippen MR) is 84.1 cm³/mol. The second kappa shape index (κ2) is 7.13. The van der Waals surface area contributed by atoms with Crippen molar-refractivity contribution < 1.29 is 17.9 Å². The number of aryl methyl sites for hydroxylation is 1. The largest absolute Gasteiger partial charge is 0.435 e. The van der Waals surface area contributed by atoms with Crippen LogP contribution in [0.1, 0.15) is 5.56 Å². The highest BCUT2D eigenvalue weighted by Gasteiger charge is 2.08. The van der Waals surface area contributed by atoms with E-state index in [0.29, 0.717) is 11.3 Å². The molecular weight excluding hydrogens is 313 g/mol. The van der Waals surface area contributed by atoms with Crippen LogP contribution >= 0.6 is 12.2 Å². The lowest BCUT2D eigenvalue weighted by atomic mass is 10.2. The molecule has 22 heavy (non-hydrogen) atoms. The highest BCUT2D eigenvalue weighted by atomic mass is 32.1. The summed E-state index contributed by atoms with van der Waals surface area (Å²) < 4.78 is 42.1. The van der Waals surface area contributed by atoms with Gasteiger partial charge in [-0.05, 0) is 55.0 Å². The van der Waals surface area contributed by atoms with Crippen molar-refractivity contribution in [1.29, 1.82) is 0 Å². The molecule has 2 aromatic carbocycles. The Kier molecular flexibility index (Phi) is 5.21. The van der Waals surface area contributed by atoms with Gasteiger partial charge in [-0.25, -0.2) is 4.39 Å². The summed E-state index contributed by atoms with van der Waals surface area (Å²) in [6.45, 7) is -1.16. The standard InChI is InChI=1S/C15H13F3N2OS/c1-9-8-10(21-14(17)18)6-7-12(9)19-15(22)20-13-5-3-2-4-11(13)16/h2-8,14H,1H3,(H2,19,20,22). The third-order valence-electron chi connectivity index (χ3n) is 2.79. The molecule has 0 aromatic heterocycles. The van der Waals surface area contributed by atoms with Gasteiger partial charge in [-0.3, -0.25) is 0 Å². The third-order valence-corrected chi connectivity index (χ3v) is 3.00. The summed E-state index contributed by atoms with van der Waals surface area (Å²) in [5.41, 5.74) is 1.52. The Balaban J connectivity index is 2.04. The number of benzene rings is 2. The molecule has 0 unspecified atom stereocenters. The molecule has 0 saturated heterocycles. The van der Waals surface area contributed by atoms with Crippen molar-refractivity contribution in [2.75, 3.05) is 10.6 Å². The molecule has 0 radical (unpaired) electrons. The summed E-state index contributed by atoms with van der Waals surface area (Å²) in [6, 6.07) is 10.5. The Labute approximate surface area is 131 Å². The zero-order chi connectivity index (χ0) is 16.1. The zero-order valence-corrected chi connectivity index (χ0v) is 12.4. The van der Waals surface area contributed by atoms with Gasteiger partial charge >= 0.3 is 6.61 Å². The number of halogens is 3. The van der Waals surface area contributed by atoms with Crippen LogP contribution in [0.25, 0.3) is 0 Å². The SMILES string of the molecule is Cc1cc(OC(F)F)ccc1NC(=S)Nc1ccccc1F. The molecule has 116 valence electrons. The molecule has 0 atom stereocenters. The Morgan fingerprint density at radius 2 is 1.77 bits per heavy atom. The molecule has 3 nitrogen and oxygen atoms in total. The van der Waals surface area contributed by atoms with E-state index in [2.05, 4.69) is 15.4 Å². The van der Waals surface area contributed by atoms with E-state index < -0.39 is 12.4 Å². The van der Waals surface area contributed by atoms with E-state index in [-0.39, 0.29) is 16.5 Å². The van der Waals surface area contributed by atoms with E-state index in [1.54, 1.807) is 31.2 Å². The summed E-state index contributed by atoms with van der Waals surface area (Å²) in [6.07, 6.45) is 0. The van der Waals surface area contributed by atoms with Crippen LogP contribution in [0, 0.1) is 12.7 Å². The van der Waals surface area contributed by atoms with Gasteiger partial charge in [0.2, 0.25) is 0 Å². The fraction of sp³-hybridized carbons (Fsp3) is 0.133. The first-order chi connectivity index (χ1) is 10.5. The van der Waals surface area contributed by atoms with Crippen LogP contribution < -0.4 is 15.4 Å². The van der Waals surface area contributed by atoms with Gasteiger partial charge in [0, 0.05) is 5.69 Å². The number of anilines is 2. The molecule has 0 fully saturated rings. The average molecular weight is 326 g/mol. The van der Waals surface area contributed by atoms with Crippen LogP contribution in [0.15, 0.2) is 42.5 Å². The monoisotopic (exact) mass is 326 g/mol. The van der Waals surface area contributed by atoms with Crippen molar-refractivity contribution in [3.8, 4) is 5.75 Å². The molecule has 0 spiro atoms. The van der Waals surface area contributed by atoms with Gasteiger partial charge in [0.1, 0.15) is 11.6 Å². The van der Waals surface area contributed by atoms with Crippen LogP contribution in [-0.2, 0) is 0 Å². The molecular formula is C15H13F3N2OS. The van der Waals surface area contributed by atoms with E-state index in [0.717, 1.165) is 0 Å². The van der Waals surface area contributed by atoms with E-state index in [9.17, 15) is 13.2 Å². The molecule has 0 aliphatic heterocycles. The summed E-state index contributed by atoms with van der Waals surface area (Å²) in [5, 5.41) is 5.79. The maximum atomic E-state index is 13.5. The lowest BCUT2D eigenvalue weighted by molar-refractivity contribution is -0.0498. The maximum absolute atomic E-state index is 13.5. The molecule has 0 bridgehead atoms. The average Bonchev–Trinajstić information content (AvgIpc) is 2.44. The first kappa shape index (κ1) is 16.1. The predicted octanol–water partition coefficient (Wildman–Crippen LogP) is 4.54. The van der Waals surface area contributed by atoms with E-state index in [1.165, 1.54) is 18.2 Å². The first-order valence-electron chi connectivity index (χ1n) is 6.33. The van der Waals surface area contributed by atoms with E-state index in [4.69, 9.17) is 12.2 Å². The smallest absolute Gasteiger partial charge is 0.387 e. The van der Waals surface area contributed by atoms with Crippen LogP contribution in [0.5, 0.6) is 5.75 Å². The van der Waals surface area contributed by atoms with Crippen LogP contribution in [0.4, 0.5) is 24.5 Å². The summed E-state index contributed by atoms with van der Waals surface area (Å²) in [5.74, 6) is -0.366. The van der Waals surface area contributed by atoms with E-state index in [1.807, 2.05) is 0 Å². The number of nitrogens with one attached hydrogen (secondary N) is 2. The van der Waals surface area contributed by atoms with Crippen molar-refractivity contribution >= 4 is 28.7 Å². The lowest BCUT2D eigenvalue weighted by Crippen LogP contribution is -2.20. The number of alkyl halides is 2. The molecule has 0 aliphatic rings. The fourth-order valence-corrected chi connectivity index (χ4v) is 2.01. The number of hydrogen-bond donors (Lipinski definition) is 2. The van der Waals surface area contributed by atoms with Gasteiger partial charge in [-0.2, -0.15) is 8.78 Å². The third kappa shape index (κ3) is 4.36. The minimum atomic E-state index is -2.87. The Morgan fingerprint density at radius 1 is 1.09 bits per heavy atom. The molecule has 2 rings (SSSR count). The number of hydrogen-bond acceptors (Lipinski definition) is 2. The molecule has 0 saturated carbocycles. The molecule has 0 aliphatic carbocycles. The van der Waals surface area contributed by atoms with Gasteiger partial charge in [-0.1, -0.05) is 12.1 Å². The van der Waals surface area contributed by atoms with Gasteiger partial charge in [0.25, 0.3) is 0 Å². The van der Waals surface area contributed by atoms with Crippen LogP contribution in [-0.4, -0.2) is 11.7 Å². The lowest BCUT2D eigenvalue weighted by Gasteiger charge is -2.14. The fourth-order valence-electron chi connectivity index (χ4n) is 1.79. The first-order valence-corrected chi connectivity index (χ1v) is 6.74. The second-order valence-corrected chi connectivity index (χ2v) is 4.82. The normalized spacial score (nSPS) is 10.4. The Morgan fingerprint density at radius 3 is 2.41 bits per heavy atom. The van der Waals surface area contributed by atoms with Crippen LogP contribution in [0.3, 0.4) is 0 Å². The van der Waals surface area contributed by atoms with Gasteiger partial charge in [0.05, 0.1) is 5.69 Å². The maximum Gasteiger partial charge on any atom is 0.387 e. The number of para-hydroxylation sites is 1. The van der Waals surface area contributed by atoms with Crippen molar-refractivity contribution in [2.24, 2.45) is 0 Å². The van der Waals surface area contributed by atoms with Crippen molar-refractivity contribution in [3.63, 3.8) is 0 Å². The second-order valence-electron chi connectivity index (χ2n) is 4.41. The van der Waals surface area contributed by atoms with E-state index >= 15 is 0 Å². The quantitative estimate of drug-likeness (QED) is 0.808. The van der Waals surface area contributed by atoms with Gasteiger partial charge in [-0.15, -0.1) is 0 Å². The highest BCUT2D eigenvalue weighted by molar-refractivity contribution is 7.80. The van der Waals surface area contributed by atoms with Crippen molar-refractivity contribution in [2.45, 2.75) is 13.5 Å². The Hall–Kier alpha value is -2.28. The van der Waals surface area contributed by atoms with Gasteiger partial charge < -0.3 is 15.4 Å². The molecule has 7 heteroatoms. The summed E-state index contributed by atoms with van der Waals surface area (Å²) in [7, 11) is 0. The zero-order valence-electron chi connectivity index (χ0n) is 11.6. The minimum absolute atomic E-state index is 0.0611. The highest BCUT2D eigenvalue weighted by Crippen LogP contribution is 2.23. The molecule has 2 N–H and O–H groups in total. The van der Waals surface area contributed by atoms with Crippen LogP contribution in [0.2, 0.25) is 0 Å². The summed E-state index contributed by atoms with van der Waals surface area (Å²) >= 11 is 5.10. The van der Waals surface area contributed by atoms with Crippen molar-refractivity contribution in [3.05, 3.63) is 53.8 Å². The minimum Gasteiger partial charge on any atom is -0.435 e. The summed E-state index contributed by atoms with van der Waals surface area (Å²) in [4.78, 5) is 0. The molecule has 2 aromatic rings. The van der Waals surface area contributed by atoms with Crippen molar-refractivity contribution in [1.82, 2.24) is 0 Å². The van der Waals surface area contributed by atoms with Gasteiger partial charge in [0.15, 0.2) is 5.11 Å². The topological polar surface area (TPSA) is 33.3 Å². The molecule has 0 amide bonds. The number of thiocarbonyl (C=S) groups is 1. The number of rotatable bonds is 4. The molecule has 0 heterocycles.